The minimum Gasteiger partial charge on any atom is -0.503 e. The number of phenols is 1. The van der Waals surface area contributed by atoms with E-state index in [4.69, 9.17) is 27.2 Å². The number of nitrogens with two attached hydrogens (primary N) is 1. The van der Waals surface area contributed by atoms with Gasteiger partial charge in [0.1, 0.15) is 6.04 Å². The molecule has 0 saturated heterocycles. The summed E-state index contributed by atoms with van der Waals surface area (Å²) in [6.45, 7) is 1.67. The Kier molecular flexibility index (Phi) is 4.20. The third kappa shape index (κ3) is 2.81. The number of ether oxygens (including phenoxy) is 1. The summed E-state index contributed by atoms with van der Waals surface area (Å²) in [7, 11) is 1.39. The second kappa shape index (κ2) is 5.25. The lowest BCUT2D eigenvalue weighted by Crippen LogP contribution is -2.35. The van der Waals surface area contributed by atoms with Crippen molar-refractivity contribution in [2.75, 3.05) is 7.11 Å². The molecule has 1 rings (SSSR count). The van der Waals surface area contributed by atoms with Gasteiger partial charge in [-0.05, 0) is 17.7 Å². The summed E-state index contributed by atoms with van der Waals surface area (Å²) in [6, 6.07) is 1.96. The van der Waals surface area contributed by atoms with Gasteiger partial charge < -0.3 is 20.7 Å². The first-order valence-electron chi connectivity index (χ1n) is 4.93. The smallest absolute Gasteiger partial charge is 0.321 e. The lowest BCUT2D eigenvalue weighted by Gasteiger charge is -2.18. The van der Waals surface area contributed by atoms with E-state index < -0.39 is 17.9 Å². The van der Waals surface area contributed by atoms with Crippen molar-refractivity contribution in [1.82, 2.24) is 0 Å². The van der Waals surface area contributed by atoms with E-state index in [2.05, 4.69) is 0 Å². The van der Waals surface area contributed by atoms with Crippen molar-refractivity contribution in [2.45, 2.75) is 18.9 Å². The zero-order chi connectivity index (χ0) is 13.2. The first-order chi connectivity index (χ1) is 7.88. The Balaban J connectivity index is 3.15. The first-order valence-corrected chi connectivity index (χ1v) is 5.31. The van der Waals surface area contributed by atoms with Crippen molar-refractivity contribution in [3.8, 4) is 11.5 Å². The molecule has 0 saturated carbocycles. The maximum atomic E-state index is 10.8. The van der Waals surface area contributed by atoms with Gasteiger partial charge in [-0.1, -0.05) is 18.5 Å². The van der Waals surface area contributed by atoms with Crippen LogP contribution in [0.4, 0.5) is 0 Å². The fourth-order valence-corrected chi connectivity index (χ4v) is 1.65. The van der Waals surface area contributed by atoms with E-state index in [1.54, 1.807) is 6.92 Å². The van der Waals surface area contributed by atoms with Gasteiger partial charge in [0.05, 0.1) is 12.1 Å². The molecule has 1 aromatic rings. The van der Waals surface area contributed by atoms with Crippen molar-refractivity contribution in [2.24, 2.45) is 5.73 Å². The van der Waals surface area contributed by atoms with Crippen LogP contribution in [0.1, 0.15) is 18.4 Å². The maximum Gasteiger partial charge on any atom is 0.321 e. The van der Waals surface area contributed by atoms with Gasteiger partial charge in [-0.2, -0.15) is 0 Å². The van der Waals surface area contributed by atoms with E-state index in [0.29, 0.717) is 5.56 Å². The highest BCUT2D eigenvalue weighted by molar-refractivity contribution is 6.32. The number of hydrogen-bond acceptors (Lipinski definition) is 4. The minimum atomic E-state index is -1.10. The molecule has 2 atom stereocenters. The molecule has 0 aliphatic carbocycles. The first kappa shape index (κ1) is 13.6. The van der Waals surface area contributed by atoms with Gasteiger partial charge in [0, 0.05) is 5.92 Å². The third-order valence-corrected chi connectivity index (χ3v) is 2.91. The van der Waals surface area contributed by atoms with Gasteiger partial charge in [-0.3, -0.25) is 4.79 Å². The van der Waals surface area contributed by atoms with E-state index in [-0.39, 0.29) is 16.5 Å². The molecule has 94 valence electrons. The maximum absolute atomic E-state index is 10.8. The van der Waals surface area contributed by atoms with Crippen LogP contribution in [0.3, 0.4) is 0 Å². The second-order valence-electron chi connectivity index (χ2n) is 3.71. The van der Waals surface area contributed by atoms with E-state index in [1.807, 2.05) is 0 Å². The number of carbonyl (C=O) groups is 1. The van der Waals surface area contributed by atoms with Crippen LogP contribution in [0.15, 0.2) is 12.1 Å². The van der Waals surface area contributed by atoms with E-state index in [9.17, 15) is 9.90 Å². The molecule has 0 aliphatic heterocycles. The van der Waals surface area contributed by atoms with Crippen molar-refractivity contribution in [3.05, 3.63) is 22.7 Å². The second-order valence-corrected chi connectivity index (χ2v) is 4.11. The van der Waals surface area contributed by atoms with Gasteiger partial charge in [-0.15, -0.1) is 0 Å². The number of carboxylic acids is 1. The van der Waals surface area contributed by atoms with Gasteiger partial charge in [0.2, 0.25) is 0 Å². The topological polar surface area (TPSA) is 92.8 Å². The molecule has 1 unspecified atom stereocenters. The summed E-state index contributed by atoms with van der Waals surface area (Å²) < 4.78 is 4.93. The highest BCUT2D eigenvalue weighted by Gasteiger charge is 2.23. The van der Waals surface area contributed by atoms with Crippen molar-refractivity contribution < 1.29 is 19.7 Å². The molecule has 0 bridgehead atoms. The summed E-state index contributed by atoms with van der Waals surface area (Å²) in [6.07, 6.45) is 0. The SMILES string of the molecule is COc1cc(C(C)[C@@H](N)C(=O)O)cc(Cl)c1O. The number of methoxy groups -OCH3 is 1. The lowest BCUT2D eigenvalue weighted by atomic mass is 9.93. The molecule has 0 aliphatic rings. The number of halogens is 1. The molecule has 17 heavy (non-hydrogen) atoms. The molecule has 0 amide bonds. The number of aromatic hydroxyl groups is 1. The Bertz CT molecular complexity index is 436. The fraction of sp³-hybridized carbons (Fsp3) is 0.364. The standard InChI is InChI=1S/C11H14ClNO4/c1-5(9(13)11(15)16)6-3-7(12)10(14)8(4-6)17-2/h3-5,9,14H,13H2,1-2H3,(H,15,16)/t5?,9-/m1/s1. The van der Waals surface area contributed by atoms with E-state index in [0.717, 1.165) is 0 Å². The Labute approximate surface area is 104 Å². The minimum absolute atomic E-state index is 0.101. The average molecular weight is 260 g/mol. The Morgan fingerprint density at radius 2 is 2.12 bits per heavy atom. The van der Waals surface area contributed by atoms with Crippen LogP contribution in [0.5, 0.6) is 11.5 Å². The summed E-state index contributed by atoms with van der Waals surface area (Å²) in [5.74, 6) is -1.52. The molecular weight excluding hydrogens is 246 g/mol. The third-order valence-electron chi connectivity index (χ3n) is 2.62. The predicted molar refractivity (Wildman–Crippen MR) is 63.7 cm³/mol. The van der Waals surface area contributed by atoms with Gasteiger partial charge in [0.15, 0.2) is 11.5 Å². The quantitative estimate of drug-likeness (QED) is 0.763. The number of hydrogen-bond donors (Lipinski definition) is 3. The van der Waals surface area contributed by atoms with Crippen LogP contribution < -0.4 is 10.5 Å². The number of rotatable bonds is 4. The molecule has 0 heterocycles. The number of phenolic OH excluding ortho intramolecular Hbond substituents is 1. The number of benzene rings is 1. The average Bonchev–Trinajstić information content (AvgIpc) is 2.30. The van der Waals surface area contributed by atoms with Gasteiger partial charge >= 0.3 is 5.97 Å². The molecular formula is C11H14ClNO4. The molecule has 0 aromatic heterocycles. The number of aliphatic carboxylic acids is 1. The number of carboxylic acid groups (broad SMARTS) is 1. The van der Waals surface area contributed by atoms with Crippen molar-refractivity contribution >= 4 is 17.6 Å². The Morgan fingerprint density at radius 3 is 2.59 bits per heavy atom. The zero-order valence-electron chi connectivity index (χ0n) is 9.48. The molecule has 0 fully saturated rings. The van der Waals surface area contributed by atoms with Crippen LogP contribution in [-0.4, -0.2) is 29.3 Å². The highest BCUT2D eigenvalue weighted by atomic mass is 35.5. The molecule has 0 spiro atoms. The largest absolute Gasteiger partial charge is 0.503 e. The molecule has 0 radical (unpaired) electrons. The molecule has 1 aromatic carbocycles. The molecule has 6 heteroatoms. The van der Waals surface area contributed by atoms with E-state index >= 15 is 0 Å². The summed E-state index contributed by atoms with van der Waals surface area (Å²) in [5, 5.41) is 18.5. The molecule has 4 N–H and O–H groups in total. The summed E-state index contributed by atoms with van der Waals surface area (Å²) in [4.78, 5) is 10.8. The van der Waals surface area contributed by atoms with Gasteiger partial charge in [0.25, 0.3) is 0 Å². The van der Waals surface area contributed by atoms with Crippen LogP contribution in [0.2, 0.25) is 5.02 Å². The van der Waals surface area contributed by atoms with Gasteiger partial charge in [-0.25, -0.2) is 0 Å². The Morgan fingerprint density at radius 1 is 1.53 bits per heavy atom. The van der Waals surface area contributed by atoms with Crippen LogP contribution in [0, 0.1) is 0 Å². The van der Waals surface area contributed by atoms with Crippen LogP contribution in [-0.2, 0) is 4.79 Å². The fourth-order valence-electron chi connectivity index (χ4n) is 1.43. The van der Waals surface area contributed by atoms with E-state index in [1.165, 1.54) is 19.2 Å². The normalized spacial score (nSPS) is 14.1. The monoisotopic (exact) mass is 259 g/mol. The lowest BCUT2D eigenvalue weighted by molar-refractivity contribution is -0.139. The van der Waals surface area contributed by atoms with Crippen LogP contribution in [0.25, 0.3) is 0 Å². The van der Waals surface area contributed by atoms with Crippen molar-refractivity contribution in [3.63, 3.8) is 0 Å². The van der Waals surface area contributed by atoms with Crippen molar-refractivity contribution in [1.29, 1.82) is 0 Å². The predicted octanol–water partition coefficient (Wildman–Crippen LogP) is 1.57. The highest BCUT2D eigenvalue weighted by Crippen LogP contribution is 2.37. The van der Waals surface area contributed by atoms with Crippen LogP contribution >= 0.6 is 11.6 Å². The summed E-state index contributed by atoms with van der Waals surface area (Å²) in [5.41, 5.74) is 6.12. The molecule has 5 nitrogen and oxygen atoms in total. The zero-order valence-corrected chi connectivity index (χ0v) is 10.2. The summed E-state index contributed by atoms with van der Waals surface area (Å²) >= 11 is 5.81. The Hall–Kier alpha value is -1.46.